The molecule has 0 spiro atoms. The van der Waals surface area contributed by atoms with Gasteiger partial charge in [-0.2, -0.15) is 0 Å². The number of aromatic nitrogens is 1. The number of hydrogen-bond acceptors (Lipinski definition) is 3. The lowest BCUT2D eigenvalue weighted by Gasteiger charge is -2.19. The fourth-order valence-corrected chi connectivity index (χ4v) is 1.80. The summed E-state index contributed by atoms with van der Waals surface area (Å²) in [5, 5.41) is 8.80. The smallest absolute Gasteiger partial charge is 0.323 e. The minimum absolute atomic E-state index is 0.290. The number of pyridine rings is 1. The van der Waals surface area contributed by atoms with Crippen LogP contribution in [0.4, 0.5) is 0 Å². The summed E-state index contributed by atoms with van der Waals surface area (Å²) in [7, 11) is 0. The van der Waals surface area contributed by atoms with Crippen LogP contribution in [0.5, 0.6) is 0 Å². The zero-order valence-corrected chi connectivity index (χ0v) is 10.9. The number of aliphatic carboxylic acids is 1. The first-order chi connectivity index (χ1) is 8.43. The van der Waals surface area contributed by atoms with Gasteiger partial charge >= 0.3 is 5.97 Å². The summed E-state index contributed by atoms with van der Waals surface area (Å²) in [6.07, 6.45) is 0.712. The van der Waals surface area contributed by atoms with Gasteiger partial charge in [-0.1, -0.05) is 6.92 Å². The molecule has 5 heteroatoms. The number of nitrogens with zero attached hydrogens (tertiary/aromatic N) is 2. The van der Waals surface area contributed by atoms with Crippen LogP contribution in [0.2, 0.25) is 0 Å². The number of aryl methyl sites for hydroxylation is 2. The van der Waals surface area contributed by atoms with E-state index in [1.165, 1.54) is 4.90 Å². The summed E-state index contributed by atoms with van der Waals surface area (Å²) >= 11 is 0. The normalized spacial score (nSPS) is 10.2. The summed E-state index contributed by atoms with van der Waals surface area (Å²) in [6, 6.07) is 3.55. The Bertz CT molecular complexity index is 437. The van der Waals surface area contributed by atoms with Gasteiger partial charge in [0.2, 0.25) is 0 Å². The van der Waals surface area contributed by atoms with E-state index in [0.717, 1.165) is 11.3 Å². The van der Waals surface area contributed by atoms with Gasteiger partial charge in [0.1, 0.15) is 12.2 Å². The molecule has 0 saturated carbocycles. The van der Waals surface area contributed by atoms with Crippen LogP contribution < -0.4 is 0 Å². The summed E-state index contributed by atoms with van der Waals surface area (Å²) in [5.74, 6) is -1.34. The molecule has 0 aromatic carbocycles. The molecule has 0 atom stereocenters. The monoisotopic (exact) mass is 250 g/mol. The third-order valence-electron chi connectivity index (χ3n) is 2.42. The molecule has 0 bridgehead atoms. The summed E-state index contributed by atoms with van der Waals surface area (Å²) in [5.41, 5.74) is 2.00. The van der Waals surface area contributed by atoms with Crippen molar-refractivity contribution in [2.75, 3.05) is 13.1 Å². The van der Waals surface area contributed by atoms with E-state index in [4.69, 9.17) is 5.11 Å². The first-order valence-electron chi connectivity index (χ1n) is 5.90. The molecule has 1 aromatic rings. The number of hydrogen-bond donors (Lipinski definition) is 1. The molecule has 0 aliphatic heterocycles. The van der Waals surface area contributed by atoms with E-state index in [1.54, 1.807) is 6.07 Å². The molecular weight excluding hydrogens is 232 g/mol. The maximum atomic E-state index is 12.2. The molecule has 1 amide bonds. The molecule has 1 aromatic heterocycles. The van der Waals surface area contributed by atoms with Crippen molar-refractivity contribution in [3.8, 4) is 0 Å². The quantitative estimate of drug-likeness (QED) is 0.862. The average molecular weight is 250 g/mol. The fraction of sp³-hybridized carbons (Fsp3) is 0.462. The van der Waals surface area contributed by atoms with Crippen LogP contribution in [-0.2, 0) is 4.79 Å². The number of carbonyl (C=O) groups excluding carboxylic acids is 1. The van der Waals surface area contributed by atoms with Crippen LogP contribution in [0, 0.1) is 13.8 Å². The Morgan fingerprint density at radius 3 is 2.50 bits per heavy atom. The summed E-state index contributed by atoms with van der Waals surface area (Å²) in [4.78, 5) is 28.4. The van der Waals surface area contributed by atoms with Crippen molar-refractivity contribution >= 4 is 11.9 Å². The van der Waals surface area contributed by atoms with Gasteiger partial charge in [-0.25, -0.2) is 4.98 Å². The first kappa shape index (κ1) is 14.2. The van der Waals surface area contributed by atoms with Gasteiger partial charge in [0.05, 0.1) is 0 Å². The highest BCUT2D eigenvalue weighted by molar-refractivity contribution is 5.94. The molecule has 0 saturated heterocycles. The highest BCUT2D eigenvalue weighted by atomic mass is 16.4. The molecular formula is C13H18N2O3. The highest BCUT2D eigenvalue weighted by Gasteiger charge is 2.19. The van der Waals surface area contributed by atoms with Crippen molar-refractivity contribution in [1.82, 2.24) is 9.88 Å². The number of carbonyl (C=O) groups is 2. The summed E-state index contributed by atoms with van der Waals surface area (Å²) < 4.78 is 0. The van der Waals surface area contributed by atoms with E-state index >= 15 is 0 Å². The Balaban J connectivity index is 2.97. The van der Waals surface area contributed by atoms with Crippen molar-refractivity contribution < 1.29 is 14.7 Å². The van der Waals surface area contributed by atoms with E-state index in [-0.39, 0.29) is 12.5 Å². The molecule has 18 heavy (non-hydrogen) atoms. The van der Waals surface area contributed by atoms with Crippen molar-refractivity contribution in [2.45, 2.75) is 27.2 Å². The molecule has 98 valence electrons. The topological polar surface area (TPSA) is 70.5 Å². The number of carboxylic acid groups (broad SMARTS) is 1. The fourth-order valence-electron chi connectivity index (χ4n) is 1.80. The Morgan fingerprint density at radius 1 is 1.33 bits per heavy atom. The Hall–Kier alpha value is -1.91. The van der Waals surface area contributed by atoms with Crippen molar-refractivity contribution in [1.29, 1.82) is 0 Å². The van der Waals surface area contributed by atoms with Gasteiger partial charge in [-0.05, 0) is 38.0 Å². The molecule has 0 fully saturated rings. The van der Waals surface area contributed by atoms with Crippen LogP contribution in [0.25, 0.3) is 0 Å². The standard InChI is InChI=1S/C13H18N2O3/c1-4-5-15(8-12(16)17)13(18)11-7-9(2)6-10(3)14-11/h6-7H,4-5,8H2,1-3H3,(H,16,17). The predicted molar refractivity (Wildman–Crippen MR) is 67.5 cm³/mol. The third kappa shape index (κ3) is 3.84. The number of amides is 1. The highest BCUT2D eigenvalue weighted by Crippen LogP contribution is 2.08. The molecule has 0 radical (unpaired) electrons. The number of carboxylic acids is 1. The molecule has 1 N–H and O–H groups in total. The Kier molecular flexibility index (Phi) is 4.83. The largest absolute Gasteiger partial charge is 0.480 e. The zero-order chi connectivity index (χ0) is 13.7. The van der Waals surface area contributed by atoms with E-state index in [2.05, 4.69) is 4.98 Å². The van der Waals surface area contributed by atoms with Crippen LogP contribution in [-0.4, -0.2) is 40.0 Å². The molecule has 0 aliphatic rings. The van der Waals surface area contributed by atoms with Gasteiger partial charge in [-0.3, -0.25) is 9.59 Å². The Morgan fingerprint density at radius 2 is 2.00 bits per heavy atom. The van der Waals surface area contributed by atoms with Crippen LogP contribution >= 0.6 is 0 Å². The first-order valence-corrected chi connectivity index (χ1v) is 5.90. The van der Waals surface area contributed by atoms with Gasteiger partial charge in [0.25, 0.3) is 5.91 Å². The van der Waals surface area contributed by atoms with E-state index in [1.807, 2.05) is 26.8 Å². The van der Waals surface area contributed by atoms with Crippen molar-refractivity contribution in [3.05, 3.63) is 29.1 Å². The summed E-state index contributed by atoms with van der Waals surface area (Å²) in [6.45, 7) is 5.72. The zero-order valence-electron chi connectivity index (χ0n) is 10.9. The number of rotatable bonds is 5. The van der Waals surface area contributed by atoms with Crippen molar-refractivity contribution in [3.63, 3.8) is 0 Å². The van der Waals surface area contributed by atoms with Crippen molar-refractivity contribution in [2.24, 2.45) is 0 Å². The molecule has 0 aliphatic carbocycles. The van der Waals surface area contributed by atoms with Gasteiger partial charge in [0, 0.05) is 12.2 Å². The molecule has 5 nitrogen and oxygen atoms in total. The van der Waals surface area contributed by atoms with Gasteiger partial charge in [0.15, 0.2) is 0 Å². The molecule has 0 unspecified atom stereocenters. The van der Waals surface area contributed by atoms with Crippen LogP contribution in [0.15, 0.2) is 12.1 Å². The van der Waals surface area contributed by atoms with E-state index < -0.39 is 5.97 Å². The van der Waals surface area contributed by atoms with Crippen LogP contribution in [0.1, 0.15) is 35.1 Å². The SMILES string of the molecule is CCCN(CC(=O)O)C(=O)c1cc(C)cc(C)n1. The van der Waals surface area contributed by atoms with E-state index in [0.29, 0.717) is 18.7 Å². The van der Waals surface area contributed by atoms with E-state index in [9.17, 15) is 9.59 Å². The van der Waals surface area contributed by atoms with Gasteiger partial charge in [-0.15, -0.1) is 0 Å². The second-order valence-corrected chi connectivity index (χ2v) is 4.29. The average Bonchev–Trinajstić information content (AvgIpc) is 2.25. The maximum Gasteiger partial charge on any atom is 0.323 e. The van der Waals surface area contributed by atoms with Gasteiger partial charge < -0.3 is 10.0 Å². The maximum absolute atomic E-state index is 12.2. The minimum Gasteiger partial charge on any atom is -0.480 e. The lowest BCUT2D eigenvalue weighted by molar-refractivity contribution is -0.137. The Labute approximate surface area is 106 Å². The second-order valence-electron chi connectivity index (χ2n) is 4.29. The molecule has 1 heterocycles. The predicted octanol–water partition coefficient (Wildman–Crippen LogP) is 1.64. The lowest BCUT2D eigenvalue weighted by atomic mass is 10.2. The second kappa shape index (κ2) is 6.14. The molecule has 1 rings (SSSR count). The lowest BCUT2D eigenvalue weighted by Crippen LogP contribution is -2.36. The minimum atomic E-state index is -1.01. The van der Waals surface area contributed by atoms with Crippen LogP contribution in [0.3, 0.4) is 0 Å². The third-order valence-corrected chi connectivity index (χ3v) is 2.42.